The van der Waals surface area contributed by atoms with Crippen LogP contribution in [0.2, 0.25) is 0 Å². The second-order valence-corrected chi connectivity index (χ2v) is 6.53. The Bertz CT molecular complexity index is 863. The van der Waals surface area contributed by atoms with Crippen molar-refractivity contribution in [1.29, 1.82) is 0 Å². The molecule has 1 aliphatic rings. The van der Waals surface area contributed by atoms with Gasteiger partial charge in [0.15, 0.2) is 11.6 Å². The number of hydrogen-bond acceptors (Lipinski definition) is 6. The van der Waals surface area contributed by atoms with Crippen LogP contribution < -0.4 is 4.74 Å². The van der Waals surface area contributed by atoms with Crippen LogP contribution in [0.4, 0.5) is 17.6 Å². The van der Waals surface area contributed by atoms with Gasteiger partial charge in [-0.05, 0) is 30.0 Å². The molecule has 0 fully saturated rings. The van der Waals surface area contributed by atoms with Crippen molar-refractivity contribution in [3.63, 3.8) is 0 Å². The van der Waals surface area contributed by atoms with Crippen LogP contribution in [0.1, 0.15) is 47.4 Å². The van der Waals surface area contributed by atoms with Crippen LogP contribution in [0, 0.1) is 0 Å². The second-order valence-electron chi connectivity index (χ2n) is 5.37. The van der Waals surface area contributed by atoms with E-state index in [1.165, 1.54) is 24.8 Å². The van der Waals surface area contributed by atoms with E-state index in [-0.39, 0.29) is 46.4 Å². The van der Waals surface area contributed by atoms with Crippen molar-refractivity contribution in [1.82, 2.24) is 9.97 Å². The zero-order valence-corrected chi connectivity index (χ0v) is 15.7. The third-order valence-electron chi connectivity index (χ3n) is 3.54. The number of ether oxygens (including phenoxy) is 1. The first-order valence-electron chi connectivity index (χ1n) is 8.29. The van der Waals surface area contributed by atoms with Gasteiger partial charge >= 0.3 is 11.4 Å². The van der Waals surface area contributed by atoms with Crippen LogP contribution in [-0.2, 0) is 0 Å². The van der Waals surface area contributed by atoms with Crippen LogP contribution >= 0.6 is 11.8 Å². The monoisotopic (exact) mass is 416 g/mol. The van der Waals surface area contributed by atoms with Gasteiger partial charge in [-0.15, -0.1) is 0 Å². The van der Waals surface area contributed by atoms with Gasteiger partial charge in [0.1, 0.15) is 12.1 Å². The Hall–Kier alpha value is -2.49. The van der Waals surface area contributed by atoms with Gasteiger partial charge in [-0.1, -0.05) is 13.8 Å². The van der Waals surface area contributed by atoms with E-state index < -0.39 is 22.9 Å². The quantitative estimate of drug-likeness (QED) is 0.504. The molecule has 3 rings (SSSR count). The van der Waals surface area contributed by atoms with E-state index in [1.54, 1.807) is 0 Å². The predicted octanol–water partition coefficient (Wildman–Crippen LogP) is 5.02. The lowest BCUT2D eigenvalue weighted by molar-refractivity contribution is -0.273. The summed E-state index contributed by atoms with van der Waals surface area (Å²) in [4.78, 5) is 31.2. The molecule has 150 valence electrons. The van der Waals surface area contributed by atoms with E-state index in [9.17, 15) is 27.2 Å². The summed E-state index contributed by atoms with van der Waals surface area (Å²) in [5.74, 6) is -1.26. The summed E-state index contributed by atoms with van der Waals surface area (Å²) in [6.07, 6.45) is -1.05. The largest absolute Gasteiger partial charge is 0.475 e. The number of hydrogen-bond donors (Lipinski definition) is 0. The van der Waals surface area contributed by atoms with Crippen LogP contribution in [-0.4, -0.2) is 32.9 Å². The summed E-state index contributed by atoms with van der Waals surface area (Å²) >= 11 is -0.370. The zero-order chi connectivity index (χ0) is 20.9. The third kappa shape index (κ3) is 4.67. The minimum atomic E-state index is -4.64. The van der Waals surface area contributed by atoms with Gasteiger partial charge in [0.2, 0.25) is 0 Å². The normalized spacial score (nSPS) is 16.1. The van der Waals surface area contributed by atoms with Gasteiger partial charge in [0, 0.05) is 30.8 Å². The smallest absolute Gasteiger partial charge is 0.426 e. The molecule has 1 aromatic heterocycles. The Morgan fingerprint density at radius 3 is 2.18 bits per heavy atom. The van der Waals surface area contributed by atoms with E-state index in [1.807, 2.05) is 13.8 Å². The van der Waals surface area contributed by atoms with Crippen molar-refractivity contribution in [2.45, 2.75) is 42.9 Å². The van der Waals surface area contributed by atoms with Gasteiger partial charge < -0.3 is 4.74 Å². The molecule has 0 unspecified atom stereocenters. The summed E-state index contributed by atoms with van der Waals surface area (Å²) in [5.41, 5.74) is 0.273. The first-order chi connectivity index (χ1) is 13.2. The molecule has 0 aliphatic carbocycles. The number of benzene rings is 1. The maximum Gasteiger partial charge on any atom is 0.475 e. The molecule has 1 aliphatic heterocycles. The number of Topliss-reactive ketones (excluding diaryl/α,β-unsaturated/α-hetero) is 2. The number of aromatic nitrogens is 2. The molecule has 1 aromatic carbocycles. The van der Waals surface area contributed by atoms with E-state index in [0.717, 1.165) is 12.1 Å². The Balaban J connectivity index is 0.00000136. The molecule has 0 amide bonds. The summed E-state index contributed by atoms with van der Waals surface area (Å²) < 4.78 is 57.2. The predicted molar refractivity (Wildman–Crippen MR) is 94.1 cm³/mol. The number of alkyl halides is 4. The number of fused-ring (bicyclic) bond motifs is 1. The number of nitrogens with zero attached hydrogens (tertiary/aromatic N) is 2. The molecule has 0 N–H and O–H groups in total. The highest BCUT2D eigenvalue weighted by molar-refractivity contribution is 8.00. The lowest BCUT2D eigenvalue weighted by atomic mass is 10.0. The van der Waals surface area contributed by atoms with Crippen molar-refractivity contribution < 1.29 is 31.9 Å². The summed E-state index contributed by atoms with van der Waals surface area (Å²) in [6, 6.07) is 3.28. The van der Waals surface area contributed by atoms with Gasteiger partial charge in [-0.3, -0.25) is 9.59 Å². The maximum absolute atomic E-state index is 13.4. The summed E-state index contributed by atoms with van der Waals surface area (Å²) in [6.45, 7) is 4.00. The molecule has 5 nitrogen and oxygen atoms in total. The fourth-order valence-electron chi connectivity index (χ4n) is 2.20. The molecule has 0 saturated carbocycles. The van der Waals surface area contributed by atoms with Crippen molar-refractivity contribution in [3.05, 3.63) is 48.0 Å². The van der Waals surface area contributed by atoms with Gasteiger partial charge in [-0.25, -0.2) is 9.97 Å². The average Bonchev–Trinajstić information content (AvgIpc) is 2.68. The van der Waals surface area contributed by atoms with Crippen LogP contribution in [0.5, 0.6) is 5.75 Å². The highest BCUT2D eigenvalue weighted by Gasteiger charge is 2.63. The topological polar surface area (TPSA) is 69.2 Å². The van der Waals surface area contributed by atoms with Crippen LogP contribution in [0.3, 0.4) is 0 Å². The van der Waals surface area contributed by atoms with Gasteiger partial charge in [0.25, 0.3) is 0 Å². The Kier molecular flexibility index (Phi) is 6.76. The number of carbonyl (C=O) groups is 2. The van der Waals surface area contributed by atoms with Crippen molar-refractivity contribution in [3.8, 4) is 5.75 Å². The first-order valence-corrected chi connectivity index (χ1v) is 9.10. The van der Waals surface area contributed by atoms with Crippen molar-refractivity contribution in [2.24, 2.45) is 0 Å². The van der Waals surface area contributed by atoms with E-state index in [4.69, 9.17) is 0 Å². The van der Waals surface area contributed by atoms with E-state index in [2.05, 4.69) is 14.7 Å². The average molecular weight is 416 g/mol. The number of ketones is 2. The van der Waals surface area contributed by atoms with E-state index in [0.29, 0.717) is 0 Å². The zero-order valence-electron chi connectivity index (χ0n) is 14.9. The van der Waals surface area contributed by atoms with E-state index >= 15 is 0 Å². The molecular formula is C18H16F4N2O3S. The molecule has 0 bridgehead atoms. The summed E-state index contributed by atoms with van der Waals surface area (Å²) in [7, 11) is 0. The Morgan fingerprint density at radius 2 is 1.57 bits per heavy atom. The molecule has 10 heteroatoms. The standard InChI is InChI=1S/C16H10F4N2O3S.C2H6/c17-15(18)16(19,20)26-14-5-9(1-4-13(14)25-15)11(23)2-3-12(24)10-6-21-8-22-7-10;1-2/h1,4-8H,2-3H2;1-2H3. The second kappa shape index (κ2) is 8.68. The number of carbonyl (C=O) groups excluding carboxylic acids is 2. The molecule has 28 heavy (non-hydrogen) atoms. The van der Waals surface area contributed by atoms with Gasteiger partial charge in [0.05, 0.1) is 10.5 Å². The third-order valence-corrected chi connectivity index (χ3v) is 4.58. The molecule has 0 spiro atoms. The molecule has 2 heterocycles. The minimum Gasteiger partial charge on any atom is -0.426 e. The molecule has 0 radical (unpaired) electrons. The van der Waals surface area contributed by atoms with Crippen LogP contribution in [0.25, 0.3) is 0 Å². The van der Waals surface area contributed by atoms with Gasteiger partial charge in [-0.2, -0.15) is 17.6 Å². The Labute approximate surface area is 162 Å². The highest BCUT2D eigenvalue weighted by Crippen LogP contribution is 2.54. The fourth-order valence-corrected chi connectivity index (χ4v) is 3.03. The molecular weight excluding hydrogens is 400 g/mol. The fraction of sp³-hybridized carbons (Fsp3) is 0.333. The SMILES string of the molecule is CC.O=C(CCC(=O)c1ccc2c(c1)SC(F)(F)C(F)(F)O2)c1cncnc1. The van der Waals surface area contributed by atoms with Crippen molar-refractivity contribution >= 4 is 23.3 Å². The molecule has 2 aromatic rings. The number of thioether (sulfide) groups is 1. The number of halogens is 4. The summed E-state index contributed by atoms with van der Waals surface area (Å²) in [5, 5.41) is -4.45. The van der Waals surface area contributed by atoms with Crippen LogP contribution in [0.15, 0.2) is 41.8 Å². The first kappa shape index (κ1) is 21.8. The highest BCUT2D eigenvalue weighted by atomic mass is 32.2. The Morgan fingerprint density at radius 1 is 1.00 bits per heavy atom. The molecule has 0 saturated heterocycles. The van der Waals surface area contributed by atoms with Crippen molar-refractivity contribution in [2.75, 3.05) is 0 Å². The lowest BCUT2D eigenvalue weighted by Gasteiger charge is -2.31. The maximum atomic E-state index is 13.4. The lowest BCUT2D eigenvalue weighted by Crippen LogP contribution is -2.45. The minimum absolute atomic E-state index is 0.0259. The molecule has 0 atom stereocenters. The number of rotatable bonds is 5.